The molecule has 1 heterocycles. The Morgan fingerprint density at radius 1 is 1.47 bits per heavy atom. The maximum Gasteiger partial charge on any atom is 0.400 e. The predicted octanol–water partition coefficient (Wildman–Crippen LogP) is -0.194. The lowest BCUT2D eigenvalue weighted by molar-refractivity contribution is 0.0923. The number of aliphatic hydroxyl groups is 2. The Balaban J connectivity index is 0.000000288. The zero-order valence-electron chi connectivity index (χ0n) is 8.92. The highest BCUT2D eigenvalue weighted by atomic mass is 32.3. The van der Waals surface area contributed by atoms with Crippen molar-refractivity contribution in [1.82, 2.24) is 0 Å². The van der Waals surface area contributed by atoms with Crippen molar-refractivity contribution >= 4 is 10.4 Å². The second-order valence-corrected chi connectivity index (χ2v) is 4.31. The Hall–Kier alpha value is -0.210. The van der Waals surface area contributed by atoms with E-state index in [2.05, 4.69) is 8.37 Å². The van der Waals surface area contributed by atoms with E-state index in [0.29, 0.717) is 12.8 Å². The zero-order valence-corrected chi connectivity index (χ0v) is 9.74. The first-order valence-corrected chi connectivity index (χ1v) is 6.15. The monoisotopic (exact) mass is 242 g/mol. The van der Waals surface area contributed by atoms with Crippen molar-refractivity contribution in [3.05, 3.63) is 0 Å². The van der Waals surface area contributed by atoms with E-state index in [1.165, 1.54) is 0 Å². The SMILES string of the molecule is CCC(O)CO.CCC1COS(=O)(=O)O1. The average Bonchev–Trinajstić information content (AvgIpc) is 2.58. The summed E-state index contributed by atoms with van der Waals surface area (Å²) >= 11 is 0. The van der Waals surface area contributed by atoms with E-state index in [1.807, 2.05) is 13.8 Å². The van der Waals surface area contributed by atoms with Crippen LogP contribution in [0.1, 0.15) is 26.7 Å². The van der Waals surface area contributed by atoms with Crippen molar-refractivity contribution in [3.63, 3.8) is 0 Å². The maximum atomic E-state index is 10.4. The normalized spacial score (nSPS) is 25.5. The lowest BCUT2D eigenvalue weighted by atomic mass is 10.3. The molecule has 1 aliphatic heterocycles. The first-order valence-electron chi connectivity index (χ1n) is 4.81. The molecule has 0 spiro atoms. The van der Waals surface area contributed by atoms with Crippen LogP contribution in [0.4, 0.5) is 0 Å². The summed E-state index contributed by atoms with van der Waals surface area (Å²) < 4.78 is 29.5. The van der Waals surface area contributed by atoms with Crippen LogP contribution in [-0.2, 0) is 18.8 Å². The van der Waals surface area contributed by atoms with Crippen LogP contribution in [0.3, 0.4) is 0 Å². The molecule has 1 saturated heterocycles. The molecular weight excluding hydrogens is 224 g/mol. The molecule has 7 heteroatoms. The quantitative estimate of drug-likeness (QED) is 0.712. The van der Waals surface area contributed by atoms with Gasteiger partial charge in [0, 0.05) is 0 Å². The zero-order chi connectivity index (χ0) is 11.9. The van der Waals surface area contributed by atoms with E-state index >= 15 is 0 Å². The van der Waals surface area contributed by atoms with E-state index < -0.39 is 16.5 Å². The fraction of sp³-hybridized carbons (Fsp3) is 1.00. The standard InChI is InChI=1S/C4H8O4S.C4H10O2/c1-2-4-3-7-9(5,6)8-4;1-2-4(6)3-5/h4H,2-3H2,1H3;4-6H,2-3H2,1H3. The molecule has 2 atom stereocenters. The fourth-order valence-corrected chi connectivity index (χ4v) is 1.60. The van der Waals surface area contributed by atoms with Crippen LogP contribution < -0.4 is 0 Å². The number of hydrogen-bond acceptors (Lipinski definition) is 6. The minimum atomic E-state index is -3.61. The van der Waals surface area contributed by atoms with Crippen LogP contribution in [0, 0.1) is 0 Å². The van der Waals surface area contributed by atoms with Crippen molar-refractivity contribution < 1.29 is 27.0 Å². The smallest absolute Gasteiger partial charge is 0.394 e. The molecule has 0 aromatic rings. The maximum absolute atomic E-state index is 10.4. The average molecular weight is 242 g/mol. The predicted molar refractivity (Wildman–Crippen MR) is 53.4 cm³/mol. The summed E-state index contributed by atoms with van der Waals surface area (Å²) in [7, 11) is -3.61. The van der Waals surface area contributed by atoms with Crippen molar-refractivity contribution in [2.75, 3.05) is 13.2 Å². The molecule has 0 radical (unpaired) electrons. The van der Waals surface area contributed by atoms with Crippen LogP contribution in [0.25, 0.3) is 0 Å². The molecule has 6 nitrogen and oxygen atoms in total. The molecule has 0 bridgehead atoms. The van der Waals surface area contributed by atoms with E-state index in [4.69, 9.17) is 10.2 Å². The van der Waals surface area contributed by atoms with Gasteiger partial charge in [0.25, 0.3) is 0 Å². The highest BCUT2D eigenvalue weighted by Gasteiger charge is 2.27. The van der Waals surface area contributed by atoms with Gasteiger partial charge in [-0.2, -0.15) is 8.42 Å². The summed E-state index contributed by atoms with van der Waals surface area (Å²) in [5.74, 6) is 0. The molecule has 2 N–H and O–H groups in total. The molecular formula is C8H18O6S. The number of rotatable bonds is 3. The van der Waals surface area contributed by atoms with Gasteiger partial charge < -0.3 is 10.2 Å². The second-order valence-electron chi connectivity index (χ2n) is 3.06. The van der Waals surface area contributed by atoms with Crippen molar-refractivity contribution in [1.29, 1.82) is 0 Å². The lowest BCUT2D eigenvalue weighted by Gasteiger charge is -1.97. The van der Waals surface area contributed by atoms with Crippen molar-refractivity contribution in [2.24, 2.45) is 0 Å². The number of hydrogen-bond donors (Lipinski definition) is 2. The third-order valence-corrected chi connectivity index (χ3v) is 2.72. The van der Waals surface area contributed by atoms with Crippen LogP contribution in [0.15, 0.2) is 0 Å². The van der Waals surface area contributed by atoms with E-state index in [-0.39, 0.29) is 19.3 Å². The van der Waals surface area contributed by atoms with Crippen LogP contribution >= 0.6 is 0 Å². The van der Waals surface area contributed by atoms with Gasteiger partial charge in [0.2, 0.25) is 0 Å². The minimum absolute atomic E-state index is 0.115. The van der Waals surface area contributed by atoms with Crippen molar-refractivity contribution in [2.45, 2.75) is 38.9 Å². The molecule has 0 saturated carbocycles. The molecule has 1 rings (SSSR count). The Morgan fingerprint density at radius 2 is 2.07 bits per heavy atom. The van der Waals surface area contributed by atoms with Crippen LogP contribution in [-0.4, -0.2) is 44.1 Å². The molecule has 92 valence electrons. The third-order valence-electron chi connectivity index (χ3n) is 1.79. The first-order chi connectivity index (χ1) is 6.95. The van der Waals surface area contributed by atoms with E-state index in [9.17, 15) is 8.42 Å². The summed E-state index contributed by atoms with van der Waals surface area (Å²) in [4.78, 5) is 0. The molecule has 15 heavy (non-hydrogen) atoms. The van der Waals surface area contributed by atoms with Gasteiger partial charge in [0.05, 0.1) is 19.3 Å². The first kappa shape index (κ1) is 14.8. The molecule has 1 fully saturated rings. The Kier molecular flexibility index (Phi) is 7.03. The highest BCUT2D eigenvalue weighted by Crippen LogP contribution is 2.14. The number of aliphatic hydroxyl groups excluding tert-OH is 2. The van der Waals surface area contributed by atoms with Gasteiger partial charge in [-0.3, -0.25) is 0 Å². The van der Waals surface area contributed by atoms with E-state index in [1.54, 1.807) is 0 Å². The van der Waals surface area contributed by atoms with Gasteiger partial charge in [-0.1, -0.05) is 13.8 Å². The summed E-state index contributed by atoms with van der Waals surface area (Å²) in [5, 5.41) is 16.5. The summed E-state index contributed by atoms with van der Waals surface area (Å²) in [6.07, 6.45) is 0.524. The minimum Gasteiger partial charge on any atom is -0.394 e. The molecule has 1 aliphatic rings. The van der Waals surface area contributed by atoms with Gasteiger partial charge in [-0.05, 0) is 12.8 Å². The Labute approximate surface area is 90.2 Å². The summed E-state index contributed by atoms with van der Waals surface area (Å²) in [5.41, 5.74) is 0. The Morgan fingerprint density at radius 3 is 2.20 bits per heavy atom. The van der Waals surface area contributed by atoms with Gasteiger partial charge in [-0.25, -0.2) is 8.37 Å². The highest BCUT2D eigenvalue weighted by molar-refractivity contribution is 7.82. The van der Waals surface area contributed by atoms with Gasteiger partial charge >= 0.3 is 10.4 Å². The molecule has 0 amide bonds. The van der Waals surface area contributed by atoms with Gasteiger partial charge in [-0.15, -0.1) is 0 Å². The lowest BCUT2D eigenvalue weighted by Crippen LogP contribution is -2.08. The summed E-state index contributed by atoms with van der Waals surface area (Å²) in [6, 6.07) is 0. The molecule has 0 aromatic heterocycles. The van der Waals surface area contributed by atoms with Crippen LogP contribution in [0.2, 0.25) is 0 Å². The van der Waals surface area contributed by atoms with Crippen LogP contribution in [0.5, 0.6) is 0 Å². The van der Waals surface area contributed by atoms with Crippen molar-refractivity contribution in [3.8, 4) is 0 Å². The van der Waals surface area contributed by atoms with Gasteiger partial charge in [0.15, 0.2) is 0 Å². The second kappa shape index (κ2) is 7.13. The Bertz CT molecular complexity index is 246. The largest absolute Gasteiger partial charge is 0.400 e. The van der Waals surface area contributed by atoms with Gasteiger partial charge in [0.1, 0.15) is 6.10 Å². The molecule has 0 aromatic carbocycles. The third kappa shape index (κ3) is 6.80. The fourth-order valence-electron chi connectivity index (χ4n) is 0.696. The summed E-state index contributed by atoms with van der Waals surface area (Å²) in [6.45, 7) is 3.71. The topological polar surface area (TPSA) is 93.1 Å². The molecule has 2 unspecified atom stereocenters. The molecule has 0 aliphatic carbocycles. The van der Waals surface area contributed by atoms with E-state index in [0.717, 1.165) is 0 Å².